The van der Waals surface area contributed by atoms with E-state index >= 15 is 0 Å². The summed E-state index contributed by atoms with van der Waals surface area (Å²) in [6.07, 6.45) is 3.25. The summed E-state index contributed by atoms with van der Waals surface area (Å²) in [6, 6.07) is 0.344. The second-order valence-corrected chi connectivity index (χ2v) is 3.98. The van der Waals surface area contributed by atoms with Crippen molar-refractivity contribution in [2.24, 2.45) is 11.7 Å². The monoisotopic (exact) mass is 279 g/mol. The molecule has 1 unspecified atom stereocenters. The molecule has 1 aromatic rings. The van der Waals surface area contributed by atoms with Crippen molar-refractivity contribution < 1.29 is 4.74 Å². The molecular weight excluding hydrogens is 269 g/mol. The molecule has 0 aliphatic rings. The third-order valence-corrected chi connectivity index (χ3v) is 2.44. The Hall–Kier alpha value is -0.390. The van der Waals surface area contributed by atoms with Crippen LogP contribution in [0.15, 0.2) is 16.9 Å². The normalized spacial score (nSPS) is 12.5. The quantitative estimate of drug-likeness (QED) is 0.829. The average Bonchev–Trinajstić information content (AvgIpc) is 2.22. The summed E-state index contributed by atoms with van der Waals surface area (Å²) >= 11 is 8.88. The molecule has 4 nitrogen and oxygen atoms in total. The predicted octanol–water partition coefficient (Wildman–Crippen LogP) is 1.43. The van der Waals surface area contributed by atoms with Gasteiger partial charge in [-0.25, -0.2) is 9.97 Å². The molecule has 0 amide bonds. The van der Waals surface area contributed by atoms with Gasteiger partial charge in [0.25, 0.3) is 0 Å². The van der Waals surface area contributed by atoms with E-state index in [1.54, 1.807) is 12.4 Å². The minimum absolute atomic E-state index is 0.143. The molecule has 0 saturated carbocycles. The highest BCUT2D eigenvalue weighted by Gasteiger charge is 2.06. The van der Waals surface area contributed by atoms with E-state index in [1.165, 1.54) is 0 Å². The van der Waals surface area contributed by atoms with Crippen LogP contribution in [-0.4, -0.2) is 29.0 Å². The van der Waals surface area contributed by atoms with Gasteiger partial charge >= 0.3 is 6.01 Å². The van der Waals surface area contributed by atoms with Gasteiger partial charge in [0.05, 0.1) is 11.1 Å². The van der Waals surface area contributed by atoms with Crippen LogP contribution in [-0.2, 0) is 0 Å². The summed E-state index contributed by atoms with van der Waals surface area (Å²) < 4.78 is 6.11. The zero-order valence-corrected chi connectivity index (χ0v) is 9.83. The number of hydrogen-bond donors (Lipinski definition) is 1. The Kier molecular flexibility index (Phi) is 5.14. The number of nitrogens with zero attached hydrogens (tertiary/aromatic N) is 2. The molecule has 0 fully saturated rings. The van der Waals surface area contributed by atoms with Crippen molar-refractivity contribution in [3.05, 3.63) is 16.9 Å². The Balaban J connectivity index is 2.41. The SMILES string of the molecule is NCC(CCl)COc1ncc(Br)cn1. The van der Waals surface area contributed by atoms with Crippen LogP contribution in [0, 0.1) is 5.92 Å². The van der Waals surface area contributed by atoms with Gasteiger partial charge in [-0.15, -0.1) is 11.6 Å². The molecule has 0 saturated heterocycles. The maximum atomic E-state index is 5.65. The smallest absolute Gasteiger partial charge is 0.316 e. The Morgan fingerprint density at radius 1 is 1.50 bits per heavy atom. The lowest BCUT2D eigenvalue weighted by atomic mass is 10.2. The molecule has 2 N–H and O–H groups in total. The second kappa shape index (κ2) is 6.16. The van der Waals surface area contributed by atoms with E-state index in [4.69, 9.17) is 22.1 Å². The highest BCUT2D eigenvalue weighted by Crippen LogP contribution is 2.09. The first-order valence-electron chi connectivity index (χ1n) is 4.12. The fraction of sp³-hybridized carbons (Fsp3) is 0.500. The van der Waals surface area contributed by atoms with E-state index in [9.17, 15) is 0 Å². The molecule has 0 aliphatic heterocycles. The first-order chi connectivity index (χ1) is 6.76. The summed E-state index contributed by atoms with van der Waals surface area (Å²) in [5.41, 5.74) is 5.46. The molecule has 0 aromatic carbocycles. The molecule has 0 bridgehead atoms. The molecular formula is C8H11BrClN3O. The van der Waals surface area contributed by atoms with Gasteiger partial charge in [0.2, 0.25) is 0 Å². The highest BCUT2D eigenvalue weighted by atomic mass is 79.9. The van der Waals surface area contributed by atoms with Crippen molar-refractivity contribution in [1.29, 1.82) is 0 Å². The maximum Gasteiger partial charge on any atom is 0.316 e. The van der Waals surface area contributed by atoms with Crippen molar-refractivity contribution in [1.82, 2.24) is 9.97 Å². The van der Waals surface area contributed by atoms with Gasteiger partial charge in [-0.3, -0.25) is 0 Å². The van der Waals surface area contributed by atoms with Crippen LogP contribution < -0.4 is 10.5 Å². The van der Waals surface area contributed by atoms with Gasteiger partial charge in [0.1, 0.15) is 0 Å². The summed E-state index contributed by atoms with van der Waals surface area (Å²) in [4.78, 5) is 7.91. The predicted molar refractivity (Wildman–Crippen MR) is 58.5 cm³/mol. The van der Waals surface area contributed by atoms with E-state index in [0.717, 1.165) is 4.47 Å². The van der Waals surface area contributed by atoms with Crippen molar-refractivity contribution in [3.63, 3.8) is 0 Å². The first-order valence-corrected chi connectivity index (χ1v) is 5.45. The first kappa shape index (κ1) is 11.7. The molecule has 0 aliphatic carbocycles. The Morgan fingerprint density at radius 2 is 2.14 bits per heavy atom. The van der Waals surface area contributed by atoms with Crippen LogP contribution in [0.25, 0.3) is 0 Å². The zero-order valence-electron chi connectivity index (χ0n) is 7.49. The number of aromatic nitrogens is 2. The molecule has 1 aromatic heterocycles. The topological polar surface area (TPSA) is 61.0 Å². The number of nitrogens with two attached hydrogens (primary N) is 1. The Morgan fingerprint density at radius 3 is 2.64 bits per heavy atom. The van der Waals surface area contributed by atoms with Crippen molar-refractivity contribution in [2.75, 3.05) is 19.0 Å². The fourth-order valence-electron chi connectivity index (χ4n) is 0.743. The number of ether oxygens (including phenoxy) is 1. The van der Waals surface area contributed by atoms with E-state index in [2.05, 4.69) is 25.9 Å². The number of rotatable bonds is 5. The summed E-state index contributed by atoms with van der Waals surface area (Å²) in [5.74, 6) is 0.622. The summed E-state index contributed by atoms with van der Waals surface area (Å²) in [5, 5.41) is 0. The highest BCUT2D eigenvalue weighted by molar-refractivity contribution is 9.10. The van der Waals surface area contributed by atoms with Crippen LogP contribution in [0.2, 0.25) is 0 Å². The number of halogens is 2. The molecule has 0 radical (unpaired) electrons. The molecule has 1 heterocycles. The largest absolute Gasteiger partial charge is 0.463 e. The minimum atomic E-state index is 0.143. The average molecular weight is 281 g/mol. The van der Waals surface area contributed by atoms with E-state index < -0.39 is 0 Å². The van der Waals surface area contributed by atoms with Gasteiger partial charge in [0, 0.05) is 24.2 Å². The van der Waals surface area contributed by atoms with Gasteiger partial charge in [-0.2, -0.15) is 0 Å². The van der Waals surface area contributed by atoms with E-state index in [-0.39, 0.29) is 5.92 Å². The lowest BCUT2D eigenvalue weighted by Gasteiger charge is -2.10. The van der Waals surface area contributed by atoms with Gasteiger partial charge < -0.3 is 10.5 Å². The van der Waals surface area contributed by atoms with Crippen LogP contribution in [0.1, 0.15) is 0 Å². The Labute approximate surface area is 96.0 Å². The van der Waals surface area contributed by atoms with Gasteiger partial charge in [0.15, 0.2) is 0 Å². The van der Waals surface area contributed by atoms with Crippen molar-refractivity contribution in [3.8, 4) is 6.01 Å². The van der Waals surface area contributed by atoms with Crippen LogP contribution >= 0.6 is 27.5 Å². The molecule has 1 atom stereocenters. The lowest BCUT2D eigenvalue weighted by molar-refractivity contribution is 0.246. The molecule has 1 rings (SSSR count). The lowest BCUT2D eigenvalue weighted by Crippen LogP contribution is -2.23. The standard InChI is InChI=1S/C8H11BrClN3O/c9-7-3-12-8(13-4-7)14-5-6(1-10)2-11/h3-4,6H,1-2,5,11H2. The fourth-order valence-corrected chi connectivity index (χ4v) is 1.16. The number of hydrogen-bond acceptors (Lipinski definition) is 4. The van der Waals surface area contributed by atoms with Crippen molar-refractivity contribution in [2.45, 2.75) is 0 Å². The maximum absolute atomic E-state index is 5.65. The summed E-state index contributed by atoms with van der Waals surface area (Å²) in [7, 11) is 0. The minimum Gasteiger partial charge on any atom is -0.463 e. The van der Waals surface area contributed by atoms with Gasteiger partial charge in [-0.05, 0) is 22.5 Å². The second-order valence-electron chi connectivity index (χ2n) is 2.75. The van der Waals surface area contributed by atoms with Crippen LogP contribution in [0.3, 0.4) is 0 Å². The summed E-state index contributed by atoms with van der Waals surface area (Å²) in [6.45, 7) is 0.946. The third-order valence-electron chi connectivity index (χ3n) is 1.60. The van der Waals surface area contributed by atoms with Crippen LogP contribution in [0.4, 0.5) is 0 Å². The van der Waals surface area contributed by atoms with E-state index in [1.807, 2.05) is 0 Å². The van der Waals surface area contributed by atoms with Crippen molar-refractivity contribution >= 4 is 27.5 Å². The van der Waals surface area contributed by atoms with Crippen LogP contribution in [0.5, 0.6) is 6.01 Å². The molecule has 6 heteroatoms. The Bertz CT molecular complexity index is 266. The molecule has 0 spiro atoms. The molecule has 78 valence electrons. The van der Waals surface area contributed by atoms with E-state index in [0.29, 0.717) is 25.0 Å². The molecule has 14 heavy (non-hydrogen) atoms. The third kappa shape index (κ3) is 3.77. The zero-order chi connectivity index (χ0) is 10.4. The van der Waals surface area contributed by atoms with Gasteiger partial charge in [-0.1, -0.05) is 0 Å². The number of alkyl halides is 1.